The Balaban J connectivity index is 1.78. The van der Waals surface area contributed by atoms with Gasteiger partial charge in [-0.15, -0.1) is 0 Å². The predicted molar refractivity (Wildman–Crippen MR) is 106 cm³/mol. The second kappa shape index (κ2) is 8.68. The van der Waals surface area contributed by atoms with Gasteiger partial charge in [-0.3, -0.25) is 15.1 Å². The molecule has 3 rings (SSSR count). The van der Waals surface area contributed by atoms with E-state index < -0.39 is 16.4 Å². The first-order chi connectivity index (χ1) is 13.6. The molecule has 0 atom stereocenters. The number of aliphatic imine (C=N–C) groups is 1. The maximum Gasteiger partial charge on any atom is 0.315 e. The number of nitrogens with zero attached hydrogens (tertiary/aromatic N) is 2. The van der Waals surface area contributed by atoms with E-state index in [4.69, 9.17) is 9.47 Å². The molecule has 1 N–H and O–H groups in total. The van der Waals surface area contributed by atoms with Crippen molar-refractivity contribution in [2.24, 2.45) is 4.99 Å². The Morgan fingerprint density at radius 1 is 1.07 bits per heavy atom. The Labute approximate surface area is 161 Å². The average Bonchev–Trinajstić information content (AvgIpc) is 2.70. The van der Waals surface area contributed by atoms with Crippen LogP contribution in [0.5, 0.6) is 23.0 Å². The monoisotopic (exact) mass is 378 g/mol. The Morgan fingerprint density at radius 3 is 2.39 bits per heavy atom. The number of ether oxygens (including phenoxy) is 2. The lowest BCUT2D eigenvalue weighted by Crippen LogP contribution is -1.97. The Kier molecular flexibility index (Phi) is 5.86. The molecule has 0 fully saturated rings. The van der Waals surface area contributed by atoms with E-state index in [0.717, 1.165) is 5.75 Å². The molecule has 0 saturated carbocycles. The highest BCUT2D eigenvalue weighted by molar-refractivity contribution is 5.85. The van der Waals surface area contributed by atoms with Crippen LogP contribution in [0.4, 0.5) is 11.4 Å². The molecule has 28 heavy (non-hydrogen) atoms. The summed E-state index contributed by atoms with van der Waals surface area (Å²) >= 11 is 0. The maximum absolute atomic E-state index is 11.1. The fourth-order valence-corrected chi connectivity index (χ4v) is 2.47. The van der Waals surface area contributed by atoms with Crippen LogP contribution >= 0.6 is 0 Å². The van der Waals surface area contributed by atoms with Crippen molar-refractivity contribution in [3.63, 3.8) is 0 Å². The Morgan fingerprint density at radius 2 is 1.75 bits per heavy atom. The lowest BCUT2D eigenvalue weighted by Gasteiger charge is -2.07. The molecule has 142 valence electrons. The summed E-state index contributed by atoms with van der Waals surface area (Å²) in [4.78, 5) is 14.8. The first-order valence-corrected chi connectivity index (χ1v) is 8.58. The van der Waals surface area contributed by atoms with E-state index in [0.29, 0.717) is 17.0 Å². The van der Waals surface area contributed by atoms with Crippen molar-refractivity contribution < 1.29 is 19.5 Å². The van der Waals surface area contributed by atoms with Gasteiger partial charge in [0.1, 0.15) is 11.5 Å². The lowest BCUT2D eigenvalue weighted by atomic mass is 10.2. The summed E-state index contributed by atoms with van der Waals surface area (Å²) in [6.07, 6.45) is 1.47. The number of rotatable bonds is 7. The van der Waals surface area contributed by atoms with Crippen molar-refractivity contribution in [1.29, 1.82) is 0 Å². The van der Waals surface area contributed by atoms with E-state index in [2.05, 4.69) is 4.99 Å². The van der Waals surface area contributed by atoms with E-state index in [1.807, 2.05) is 30.3 Å². The number of nitro groups is 1. The standard InChI is InChI=1S/C21H18N2O5/c1-2-27-20-13-15(12-19(21(20)24)23(25)26)14-22-16-8-10-18(11-9-16)28-17-6-4-3-5-7-17/h3-14,24H,2H2,1H3. The minimum atomic E-state index is -0.662. The first kappa shape index (κ1) is 18.9. The van der Waals surface area contributed by atoms with Crippen molar-refractivity contribution in [1.82, 2.24) is 0 Å². The number of benzene rings is 3. The average molecular weight is 378 g/mol. The molecule has 0 saturated heterocycles. The van der Waals surface area contributed by atoms with Crippen LogP contribution in [0.1, 0.15) is 12.5 Å². The Bertz CT molecular complexity index is 986. The zero-order valence-electron chi connectivity index (χ0n) is 15.1. The number of hydrogen-bond acceptors (Lipinski definition) is 6. The summed E-state index contributed by atoms with van der Waals surface area (Å²) in [7, 11) is 0. The molecule has 0 heterocycles. The number of aromatic hydroxyl groups is 1. The van der Waals surface area contributed by atoms with E-state index >= 15 is 0 Å². The SMILES string of the molecule is CCOc1cc(C=Nc2ccc(Oc3ccccc3)cc2)cc([N+](=O)[O-])c1O. The molecule has 0 bridgehead atoms. The van der Waals surface area contributed by atoms with E-state index in [-0.39, 0.29) is 12.4 Å². The topological polar surface area (TPSA) is 94.2 Å². The van der Waals surface area contributed by atoms with Gasteiger partial charge in [-0.25, -0.2) is 0 Å². The van der Waals surface area contributed by atoms with E-state index in [1.54, 1.807) is 31.2 Å². The van der Waals surface area contributed by atoms with Gasteiger partial charge in [0.2, 0.25) is 5.75 Å². The third-order valence-corrected chi connectivity index (χ3v) is 3.75. The molecule has 0 aliphatic heterocycles. The molecule has 3 aromatic rings. The molecular formula is C21H18N2O5. The fraction of sp³-hybridized carbons (Fsp3) is 0.0952. The second-order valence-corrected chi connectivity index (χ2v) is 5.74. The molecule has 0 spiro atoms. The number of nitro benzene ring substituents is 1. The third kappa shape index (κ3) is 4.64. The van der Waals surface area contributed by atoms with Crippen molar-refractivity contribution >= 4 is 17.6 Å². The van der Waals surface area contributed by atoms with E-state index in [1.165, 1.54) is 18.3 Å². The van der Waals surface area contributed by atoms with Crippen LogP contribution in [0.2, 0.25) is 0 Å². The van der Waals surface area contributed by atoms with Gasteiger partial charge in [0.15, 0.2) is 5.75 Å². The molecule has 7 heteroatoms. The molecular weight excluding hydrogens is 360 g/mol. The number of hydrogen-bond donors (Lipinski definition) is 1. The van der Waals surface area contributed by atoms with E-state index in [9.17, 15) is 15.2 Å². The largest absolute Gasteiger partial charge is 0.500 e. The normalized spacial score (nSPS) is 10.8. The molecule has 0 aliphatic rings. The van der Waals surface area contributed by atoms with Gasteiger partial charge < -0.3 is 14.6 Å². The van der Waals surface area contributed by atoms with Crippen molar-refractivity contribution in [3.8, 4) is 23.0 Å². The highest BCUT2D eigenvalue weighted by Gasteiger charge is 2.19. The minimum absolute atomic E-state index is 0.0461. The van der Waals surface area contributed by atoms with Gasteiger partial charge in [0.25, 0.3) is 0 Å². The van der Waals surface area contributed by atoms with Crippen LogP contribution < -0.4 is 9.47 Å². The fourth-order valence-electron chi connectivity index (χ4n) is 2.47. The molecule has 0 radical (unpaired) electrons. The maximum atomic E-state index is 11.1. The highest BCUT2D eigenvalue weighted by Crippen LogP contribution is 2.36. The molecule has 0 amide bonds. The summed E-state index contributed by atoms with van der Waals surface area (Å²) in [5, 5.41) is 21.1. The second-order valence-electron chi connectivity index (χ2n) is 5.74. The van der Waals surface area contributed by atoms with Gasteiger partial charge in [0.05, 0.1) is 17.2 Å². The summed E-state index contributed by atoms with van der Waals surface area (Å²) in [6.45, 7) is 2.00. The van der Waals surface area contributed by atoms with Crippen molar-refractivity contribution in [2.45, 2.75) is 6.92 Å². The zero-order valence-corrected chi connectivity index (χ0v) is 15.1. The number of phenolic OH excluding ortho intramolecular Hbond substituents is 1. The summed E-state index contributed by atoms with van der Waals surface area (Å²) in [5.41, 5.74) is 0.658. The smallest absolute Gasteiger partial charge is 0.315 e. The quantitative estimate of drug-likeness (QED) is 0.345. The van der Waals surface area contributed by atoms with Crippen LogP contribution in [0.3, 0.4) is 0 Å². The van der Waals surface area contributed by atoms with Crippen LogP contribution in [0.25, 0.3) is 0 Å². The summed E-state index contributed by atoms with van der Waals surface area (Å²) in [5.74, 6) is 0.957. The number of phenols is 1. The predicted octanol–water partition coefficient (Wildman–Crippen LogP) is 5.24. The summed E-state index contributed by atoms with van der Waals surface area (Å²) in [6, 6.07) is 19.3. The molecule has 0 aromatic heterocycles. The first-order valence-electron chi connectivity index (χ1n) is 8.58. The van der Waals surface area contributed by atoms with Gasteiger partial charge in [0, 0.05) is 17.8 Å². The minimum Gasteiger partial charge on any atom is -0.500 e. The van der Waals surface area contributed by atoms with Crippen LogP contribution in [-0.4, -0.2) is 22.9 Å². The van der Waals surface area contributed by atoms with Gasteiger partial charge in [-0.2, -0.15) is 0 Å². The Hall–Kier alpha value is -3.87. The lowest BCUT2D eigenvalue weighted by molar-refractivity contribution is -0.386. The van der Waals surface area contributed by atoms with Gasteiger partial charge >= 0.3 is 5.69 Å². The van der Waals surface area contributed by atoms with Crippen LogP contribution in [-0.2, 0) is 0 Å². The van der Waals surface area contributed by atoms with Gasteiger partial charge in [-0.1, -0.05) is 18.2 Å². The van der Waals surface area contributed by atoms with Crippen LogP contribution in [0.15, 0.2) is 71.7 Å². The zero-order chi connectivity index (χ0) is 19.9. The third-order valence-electron chi connectivity index (χ3n) is 3.75. The molecule has 0 unspecified atom stereocenters. The molecule has 3 aromatic carbocycles. The van der Waals surface area contributed by atoms with Crippen molar-refractivity contribution in [3.05, 3.63) is 82.4 Å². The van der Waals surface area contributed by atoms with Gasteiger partial charge in [-0.05, 0) is 49.4 Å². The van der Waals surface area contributed by atoms with Crippen LogP contribution in [0, 0.1) is 10.1 Å². The molecule has 0 aliphatic carbocycles. The highest BCUT2D eigenvalue weighted by atomic mass is 16.6. The summed E-state index contributed by atoms with van der Waals surface area (Å²) < 4.78 is 11.0. The molecule has 7 nitrogen and oxygen atoms in total. The number of para-hydroxylation sites is 1. The van der Waals surface area contributed by atoms with Crippen molar-refractivity contribution in [2.75, 3.05) is 6.61 Å².